The van der Waals surface area contributed by atoms with Crippen molar-refractivity contribution in [3.8, 4) is 0 Å². The first-order valence-corrected chi connectivity index (χ1v) is 3.05. The molecule has 0 aromatic rings. The average molecular weight is 110 g/mol. The molecule has 0 bridgehead atoms. The van der Waals surface area contributed by atoms with Gasteiger partial charge in [0.05, 0.1) is 0 Å². The molecular formula is C7H10O. The van der Waals surface area contributed by atoms with Crippen molar-refractivity contribution >= 4 is 5.78 Å². The fourth-order valence-electron chi connectivity index (χ4n) is 0.935. The summed E-state index contributed by atoms with van der Waals surface area (Å²) in [5.74, 6) is 0.307. The topological polar surface area (TPSA) is 17.1 Å². The molecule has 0 atom stereocenters. The summed E-state index contributed by atoms with van der Waals surface area (Å²) in [5.41, 5.74) is 1.31. The number of rotatable bonds is 1. The van der Waals surface area contributed by atoms with Gasteiger partial charge in [-0.05, 0) is 18.9 Å². The fourth-order valence-corrected chi connectivity index (χ4v) is 0.935. The second kappa shape index (κ2) is 2.12. The van der Waals surface area contributed by atoms with Crippen LogP contribution in [-0.2, 0) is 4.79 Å². The largest absolute Gasteiger partial charge is 0.295 e. The van der Waals surface area contributed by atoms with Crippen molar-refractivity contribution in [3.63, 3.8) is 0 Å². The van der Waals surface area contributed by atoms with Crippen molar-refractivity contribution in [3.05, 3.63) is 11.6 Å². The monoisotopic (exact) mass is 110 g/mol. The smallest absolute Gasteiger partial charge is 0.155 e. The molecule has 1 aliphatic rings. The lowest BCUT2D eigenvalue weighted by molar-refractivity contribution is -0.114. The SMILES string of the molecule is CCC1=CC(=O)CC1. The van der Waals surface area contributed by atoms with Gasteiger partial charge in [0.25, 0.3) is 0 Å². The first kappa shape index (κ1) is 5.54. The van der Waals surface area contributed by atoms with E-state index in [1.54, 1.807) is 6.08 Å². The molecule has 0 aromatic carbocycles. The standard InChI is InChI=1S/C7H10O/c1-2-6-3-4-7(8)5-6/h5H,2-4H2,1H3. The molecular weight excluding hydrogens is 100 g/mol. The Morgan fingerprint density at radius 2 is 2.38 bits per heavy atom. The van der Waals surface area contributed by atoms with E-state index in [2.05, 4.69) is 6.92 Å². The number of carbonyl (C=O) groups is 1. The molecule has 8 heavy (non-hydrogen) atoms. The van der Waals surface area contributed by atoms with Crippen LogP contribution in [-0.4, -0.2) is 5.78 Å². The van der Waals surface area contributed by atoms with E-state index in [0.29, 0.717) is 5.78 Å². The Morgan fingerprint density at radius 1 is 1.62 bits per heavy atom. The molecule has 1 rings (SSSR count). The van der Waals surface area contributed by atoms with Crippen LogP contribution in [0, 0.1) is 0 Å². The van der Waals surface area contributed by atoms with Gasteiger partial charge in [-0.15, -0.1) is 0 Å². The van der Waals surface area contributed by atoms with Crippen LogP contribution in [0.15, 0.2) is 11.6 Å². The van der Waals surface area contributed by atoms with E-state index in [0.717, 1.165) is 19.3 Å². The summed E-state index contributed by atoms with van der Waals surface area (Å²) in [6.45, 7) is 2.09. The summed E-state index contributed by atoms with van der Waals surface area (Å²) < 4.78 is 0. The maximum absolute atomic E-state index is 10.5. The second-order valence-electron chi connectivity index (χ2n) is 2.12. The second-order valence-corrected chi connectivity index (χ2v) is 2.12. The molecule has 0 radical (unpaired) electrons. The highest BCUT2D eigenvalue weighted by atomic mass is 16.1. The normalized spacial score (nSPS) is 19.1. The maximum atomic E-state index is 10.5. The quantitative estimate of drug-likeness (QED) is 0.502. The van der Waals surface area contributed by atoms with Gasteiger partial charge in [0, 0.05) is 6.42 Å². The summed E-state index contributed by atoms with van der Waals surface area (Å²) in [5, 5.41) is 0. The minimum absolute atomic E-state index is 0.307. The number of allylic oxidation sites excluding steroid dienone is 2. The molecule has 0 saturated heterocycles. The first-order valence-electron chi connectivity index (χ1n) is 3.05. The third-order valence-electron chi connectivity index (χ3n) is 1.51. The van der Waals surface area contributed by atoms with E-state index in [9.17, 15) is 4.79 Å². The van der Waals surface area contributed by atoms with Crippen LogP contribution in [0.3, 0.4) is 0 Å². The van der Waals surface area contributed by atoms with Gasteiger partial charge >= 0.3 is 0 Å². The summed E-state index contributed by atoms with van der Waals surface area (Å²) in [6.07, 6.45) is 4.59. The van der Waals surface area contributed by atoms with Gasteiger partial charge in [-0.25, -0.2) is 0 Å². The lowest BCUT2D eigenvalue weighted by atomic mass is 10.2. The summed E-state index contributed by atoms with van der Waals surface area (Å²) in [6, 6.07) is 0. The third-order valence-corrected chi connectivity index (χ3v) is 1.51. The molecule has 1 heteroatoms. The predicted molar refractivity (Wildman–Crippen MR) is 32.6 cm³/mol. The number of carbonyl (C=O) groups excluding carboxylic acids is 1. The number of hydrogen-bond acceptors (Lipinski definition) is 1. The highest BCUT2D eigenvalue weighted by Gasteiger charge is 2.08. The van der Waals surface area contributed by atoms with Gasteiger partial charge in [0.2, 0.25) is 0 Å². The molecule has 0 fully saturated rings. The lowest BCUT2D eigenvalue weighted by Crippen LogP contribution is -1.80. The summed E-state index contributed by atoms with van der Waals surface area (Å²) >= 11 is 0. The van der Waals surface area contributed by atoms with Crippen molar-refractivity contribution in [2.45, 2.75) is 26.2 Å². The molecule has 0 amide bonds. The predicted octanol–water partition coefficient (Wildman–Crippen LogP) is 1.69. The number of ketones is 1. The zero-order valence-corrected chi connectivity index (χ0v) is 5.11. The van der Waals surface area contributed by atoms with E-state index < -0.39 is 0 Å². The van der Waals surface area contributed by atoms with Crippen molar-refractivity contribution in [2.24, 2.45) is 0 Å². The first-order chi connectivity index (χ1) is 3.83. The van der Waals surface area contributed by atoms with Gasteiger partial charge < -0.3 is 0 Å². The van der Waals surface area contributed by atoms with Gasteiger partial charge in [-0.3, -0.25) is 4.79 Å². The molecule has 0 spiro atoms. The van der Waals surface area contributed by atoms with E-state index in [1.807, 2.05) is 0 Å². The van der Waals surface area contributed by atoms with Gasteiger partial charge in [0.15, 0.2) is 5.78 Å². The molecule has 0 unspecified atom stereocenters. The van der Waals surface area contributed by atoms with Gasteiger partial charge in [0.1, 0.15) is 0 Å². The van der Waals surface area contributed by atoms with Crippen LogP contribution in [0.1, 0.15) is 26.2 Å². The highest BCUT2D eigenvalue weighted by Crippen LogP contribution is 2.16. The van der Waals surface area contributed by atoms with Crippen LogP contribution in [0.25, 0.3) is 0 Å². The third kappa shape index (κ3) is 0.971. The molecule has 0 heterocycles. The Bertz CT molecular complexity index is 133. The fraction of sp³-hybridized carbons (Fsp3) is 0.571. The average Bonchev–Trinajstić information content (AvgIpc) is 2.14. The number of hydrogen-bond donors (Lipinski definition) is 0. The van der Waals surface area contributed by atoms with Crippen LogP contribution in [0.5, 0.6) is 0 Å². The molecule has 0 aromatic heterocycles. The molecule has 1 aliphatic carbocycles. The maximum Gasteiger partial charge on any atom is 0.155 e. The molecule has 1 nitrogen and oxygen atoms in total. The van der Waals surface area contributed by atoms with Crippen LogP contribution in [0.4, 0.5) is 0 Å². The van der Waals surface area contributed by atoms with E-state index in [-0.39, 0.29) is 0 Å². The molecule has 0 saturated carbocycles. The van der Waals surface area contributed by atoms with Crippen LogP contribution >= 0.6 is 0 Å². The molecule has 0 aliphatic heterocycles. The van der Waals surface area contributed by atoms with Gasteiger partial charge in [-0.2, -0.15) is 0 Å². The van der Waals surface area contributed by atoms with Crippen molar-refractivity contribution in [1.82, 2.24) is 0 Å². The van der Waals surface area contributed by atoms with Crippen molar-refractivity contribution in [1.29, 1.82) is 0 Å². The van der Waals surface area contributed by atoms with Crippen LogP contribution in [0.2, 0.25) is 0 Å². The molecule has 44 valence electrons. The highest BCUT2D eigenvalue weighted by molar-refractivity contribution is 5.92. The Morgan fingerprint density at radius 3 is 2.62 bits per heavy atom. The Balaban J connectivity index is 2.57. The summed E-state index contributed by atoms with van der Waals surface area (Å²) in [7, 11) is 0. The Labute approximate surface area is 49.4 Å². The lowest BCUT2D eigenvalue weighted by Gasteiger charge is -1.87. The minimum Gasteiger partial charge on any atom is -0.295 e. The molecule has 0 N–H and O–H groups in total. The zero-order chi connectivity index (χ0) is 5.98. The Kier molecular flexibility index (Phi) is 1.47. The zero-order valence-electron chi connectivity index (χ0n) is 5.11. The van der Waals surface area contributed by atoms with E-state index >= 15 is 0 Å². The van der Waals surface area contributed by atoms with E-state index in [4.69, 9.17) is 0 Å². The van der Waals surface area contributed by atoms with Crippen molar-refractivity contribution in [2.75, 3.05) is 0 Å². The van der Waals surface area contributed by atoms with Gasteiger partial charge in [-0.1, -0.05) is 12.5 Å². The van der Waals surface area contributed by atoms with Crippen molar-refractivity contribution < 1.29 is 4.79 Å². The minimum atomic E-state index is 0.307. The Hall–Kier alpha value is -0.590. The van der Waals surface area contributed by atoms with E-state index in [1.165, 1.54) is 5.57 Å². The van der Waals surface area contributed by atoms with Crippen LogP contribution < -0.4 is 0 Å². The summed E-state index contributed by atoms with van der Waals surface area (Å²) in [4.78, 5) is 10.5.